The third-order valence-electron chi connectivity index (χ3n) is 18.7. The van der Waals surface area contributed by atoms with Crippen LogP contribution in [0.1, 0.15) is 117 Å². The molecule has 0 fully saturated rings. The van der Waals surface area contributed by atoms with Gasteiger partial charge in [0, 0.05) is 33.0 Å². The highest BCUT2D eigenvalue weighted by atomic mass is 32.1. The maximum Gasteiger partial charge on any atom is 0.519 e. The lowest BCUT2D eigenvalue weighted by Crippen LogP contribution is -2.52. The van der Waals surface area contributed by atoms with Gasteiger partial charge in [0.25, 0.3) is 0 Å². The normalized spacial score (nSPS) is 11.7. The number of carbonyl (C=O) groups is 4. The highest BCUT2D eigenvalue weighted by molar-refractivity contribution is 7.80. The summed E-state index contributed by atoms with van der Waals surface area (Å²) < 4.78 is 56.7. The van der Waals surface area contributed by atoms with E-state index in [9.17, 15) is 19.2 Å². The molecule has 0 spiro atoms. The van der Waals surface area contributed by atoms with Crippen LogP contribution in [0.15, 0.2) is 252 Å². The fourth-order valence-corrected chi connectivity index (χ4v) is 27.1. The first-order valence-corrected chi connectivity index (χ1v) is 46.1. The van der Waals surface area contributed by atoms with Crippen molar-refractivity contribution in [2.75, 3.05) is 7.11 Å². The third-order valence-corrected chi connectivity index (χ3v) is 30.7. The second kappa shape index (κ2) is 38.1. The molecule has 10 rings (SSSR count). The molecule has 0 aliphatic rings. The van der Waals surface area contributed by atoms with Crippen molar-refractivity contribution in [3.05, 3.63) is 298 Å². The predicted molar refractivity (Wildman–Crippen MR) is 443 cm³/mol. The number of hydrogen-bond acceptors (Lipinski definition) is 16. The number of methoxy groups -OCH3 is 1. The molecular weight excluding hydrogens is 1440 g/mol. The summed E-state index contributed by atoms with van der Waals surface area (Å²) in [7, 11) is -4.74. The minimum atomic E-state index is -2.38. The standard InChI is InChI=1S/C60H74O10Si3.C22H20O3S.C7H8OS/c1-43-41-46(23-37-55(43)64-45(3)61)19-17-39-71(8,9)69-73(12,13)70-72(10,11)40-18-20-47-24-38-56(44(2)42-47)68-58(63)67-54-35-29-51(30-36-54)60(6,7)50-27-33-53(34-28-50)66-57(62)65-52-31-25-49(26-32-52)59(4,5)48-21-15-14-16-22-48;1-22(2,16-6-4-3-5-7-16)17-8-10-18(11-9-17)24-21(23)25-19-12-14-20(26)15-13-19;1-8-6-2-4-7(9)5-3-6/h14-16,21-38,41-42H,17-20,39-40H2,1-13H3;3-15,26H,1-2H3;2-5,9H,1H3. The van der Waals surface area contributed by atoms with E-state index in [1.165, 1.54) is 29.2 Å². The van der Waals surface area contributed by atoms with E-state index in [1.807, 2.05) is 147 Å². The first-order chi connectivity index (χ1) is 51.1. The maximum absolute atomic E-state index is 13.0. The van der Waals surface area contributed by atoms with Gasteiger partial charge in [-0.3, -0.25) is 4.79 Å². The quantitative estimate of drug-likeness (QED) is 0.0173. The van der Waals surface area contributed by atoms with Crippen molar-refractivity contribution in [1.82, 2.24) is 0 Å². The summed E-state index contributed by atoms with van der Waals surface area (Å²) in [5.74, 6) is 3.60. The second-order valence-corrected chi connectivity index (χ2v) is 43.4. The van der Waals surface area contributed by atoms with Gasteiger partial charge in [-0.25, -0.2) is 14.4 Å². The summed E-state index contributed by atoms with van der Waals surface area (Å²) >= 11 is 8.30. The summed E-state index contributed by atoms with van der Waals surface area (Å²) in [4.78, 5) is 50.7. The van der Waals surface area contributed by atoms with Gasteiger partial charge in [0.1, 0.15) is 46.0 Å². The van der Waals surface area contributed by atoms with E-state index in [0.717, 1.165) is 86.7 Å². The molecule has 19 heteroatoms. The van der Waals surface area contributed by atoms with Crippen LogP contribution in [-0.4, -0.2) is 56.7 Å². The van der Waals surface area contributed by atoms with Crippen LogP contribution in [0.25, 0.3) is 0 Å². The minimum absolute atomic E-state index is 0.144. The van der Waals surface area contributed by atoms with Gasteiger partial charge < -0.3 is 46.1 Å². The third kappa shape index (κ3) is 25.9. The molecular formula is C89H102O14S2Si3. The largest absolute Gasteiger partial charge is 0.519 e. The smallest absolute Gasteiger partial charge is 0.497 e. The molecule has 0 unspecified atom stereocenters. The molecule has 0 heterocycles. The Morgan fingerprint density at radius 1 is 0.343 bits per heavy atom. The lowest BCUT2D eigenvalue weighted by molar-refractivity contribution is -0.131. The van der Waals surface area contributed by atoms with E-state index < -0.39 is 49.1 Å². The van der Waals surface area contributed by atoms with Crippen LogP contribution in [-0.2, 0) is 42.1 Å². The Hall–Kier alpha value is -9.45. The van der Waals surface area contributed by atoms with Gasteiger partial charge in [-0.15, -0.1) is 25.3 Å². The number of carbonyl (C=O) groups excluding carboxylic acids is 4. The molecule has 0 saturated carbocycles. The number of aryl methyl sites for hydroxylation is 4. The van der Waals surface area contributed by atoms with Crippen LogP contribution < -0.4 is 37.9 Å². The monoisotopic (exact) mass is 1540 g/mol. The molecule has 0 aliphatic heterocycles. The molecule has 10 aromatic rings. The molecule has 10 aromatic carbocycles. The van der Waals surface area contributed by atoms with E-state index in [0.29, 0.717) is 40.2 Å². The fraction of sp³-hybridized carbons (Fsp3) is 0.281. The van der Waals surface area contributed by atoms with Gasteiger partial charge in [0.2, 0.25) is 0 Å². The van der Waals surface area contributed by atoms with Crippen molar-refractivity contribution in [3.8, 4) is 46.0 Å². The molecule has 0 N–H and O–H groups in total. The first-order valence-electron chi connectivity index (χ1n) is 36.2. The zero-order valence-corrected chi connectivity index (χ0v) is 69.7. The molecule has 566 valence electrons. The lowest BCUT2D eigenvalue weighted by atomic mass is 9.78. The Bertz CT molecular complexity index is 4570. The van der Waals surface area contributed by atoms with Crippen molar-refractivity contribution in [1.29, 1.82) is 0 Å². The number of hydrogen-bond donors (Lipinski definition) is 2. The van der Waals surface area contributed by atoms with Gasteiger partial charge in [0.15, 0.2) is 16.6 Å². The average molecular weight is 1540 g/mol. The van der Waals surface area contributed by atoms with Crippen LogP contribution in [0, 0.1) is 13.8 Å². The summed E-state index contributed by atoms with van der Waals surface area (Å²) in [5.41, 5.74) is 10.1. The predicted octanol–water partition coefficient (Wildman–Crippen LogP) is 23.6. The Balaban J connectivity index is 0.000000340. The SMILES string of the molecule is CC(=O)Oc1ccc(CCC[Si](C)(C)O[Si](C)(C)O[Si](C)(C)CCCc2ccc(OC(=O)Oc3ccc(C(C)(C)c4ccc(OC(=O)Oc5ccc(C(C)(C)c6ccccc6)cc5)cc4)cc3)c(C)c2)cc1C.CC(C)(c1ccccc1)c1ccc(OC(=O)Oc2ccc(S)cc2)cc1.COc1ccc(S)cc1. The van der Waals surface area contributed by atoms with Gasteiger partial charge in [-0.1, -0.05) is 175 Å². The van der Waals surface area contributed by atoms with Crippen molar-refractivity contribution >= 4 is 74.9 Å². The Morgan fingerprint density at radius 2 is 0.611 bits per heavy atom. The Kier molecular flexibility index (Phi) is 29.7. The van der Waals surface area contributed by atoms with Crippen molar-refractivity contribution in [3.63, 3.8) is 0 Å². The summed E-state index contributed by atoms with van der Waals surface area (Å²) in [6.07, 6.45) is 1.44. The van der Waals surface area contributed by atoms with E-state index in [4.69, 9.17) is 46.1 Å². The zero-order valence-electron chi connectivity index (χ0n) is 64.9. The maximum atomic E-state index is 13.0. The molecule has 14 nitrogen and oxygen atoms in total. The van der Waals surface area contributed by atoms with Gasteiger partial charge in [-0.05, 0) is 256 Å². The van der Waals surface area contributed by atoms with Crippen LogP contribution >= 0.6 is 25.3 Å². The van der Waals surface area contributed by atoms with Crippen molar-refractivity contribution < 1.29 is 65.3 Å². The van der Waals surface area contributed by atoms with Crippen LogP contribution in [0.4, 0.5) is 14.4 Å². The van der Waals surface area contributed by atoms with Gasteiger partial charge in [0.05, 0.1) is 7.11 Å². The van der Waals surface area contributed by atoms with Crippen LogP contribution in [0.3, 0.4) is 0 Å². The van der Waals surface area contributed by atoms with E-state index >= 15 is 0 Å². The molecule has 0 saturated heterocycles. The number of esters is 1. The minimum Gasteiger partial charge on any atom is -0.497 e. The fourth-order valence-electron chi connectivity index (χ4n) is 12.7. The molecule has 0 aliphatic carbocycles. The Morgan fingerprint density at radius 3 is 0.898 bits per heavy atom. The molecule has 0 aromatic heterocycles. The topological polar surface area (TPSA) is 161 Å². The molecule has 0 atom stereocenters. The lowest BCUT2D eigenvalue weighted by Gasteiger charge is -2.39. The van der Waals surface area contributed by atoms with Crippen molar-refractivity contribution in [2.45, 2.75) is 165 Å². The highest BCUT2D eigenvalue weighted by Crippen LogP contribution is 2.37. The van der Waals surface area contributed by atoms with Gasteiger partial charge in [-0.2, -0.15) is 0 Å². The number of ether oxygens (including phenoxy) is 8. The summed E-state index contributed by atoms with van der Waals surface area (Å²) in [6, 6.07) is 78.5. The van der Waals surface area contributed by atoms with Crippen LogP contribution in [0.5, 0.6) is 46.0 Å². The molecule has 0 radical (unpaired) electrons. The van der Waals surface area contributed by atoms with E-state index in [2.05, 4.69) is 142 Å². The zero-order chi connectivity index (χ0) is 78.5. The molecule has 108 heavy (non-hydrogen) atoms. The van der Waals surface area contributed by atoms with Crippen molar-refractivity contribution in [2.24, 2.45) is 0 Å². The summed E-state index contributed by atoms with van der Waals surface area (Å²) in [6.45, 7) is 31.7. The number of rotatable bonds is 26. The van der Waals surface area contributed by atoms with E-state index in [1.54, 1.807) is 79.9 Å². The molecule has 0 bridgehead atoms. The molecule has 0 amide bonds. The number of thiol groups is 2. The number of benzene rings is 10. The van der Waals surface area contributed by atoms with Gasteiger partial charge >= 0.3 is 33.0 Å². The van der Waals surface area contributed by atoms with E-state index in [-0.39, 0.29) is 16.8 Å². The van der Waals surface area contributed by atoms with Crippen LogP contribution in [0.2, 0.25) is 51.4 Å². The average Bonchev–Trinajstić information content (AvgIpc) is 0.813. The second-order valence-electron chi connectivity index (χ2n) is 29.9. The summed E-state index contributed by atoms with van der Waals surface area (Å²) in [5, 5.41) is 0. The highest BCUT2D eigenvalue weighted by Gasteiger charge is 2.39. The first kappa shape index (κ1) is 84.2. The Labute approximate surface area is 652 Å².